The van der Waals surface area contributed by atoms with Crippen LogP contribution in [-0.2, 0) is 13.7 Å². The van der Waals surface area contributed by atoms with Crippen molar-refractivity contribution in [3.8, 4) is 5.88 Å². The quantitative estimate of drug-likeness (QED) is 0.809. The van der Waals surface area contributed by atoms with E-state index in [1.807, 2.05) is 6.07 Å². The van der Waals surface area contributed by atoms with Gasteiger partial charge in [-0.2, -0.15) is 0 Å². The van der Waals surface area contributed by atoms with Gasteiger partial charge in [0.15, 0.2) is 0 Å². The summed E-state index contributed by atoms with van der Waals surface area (Å²) in [4.78, 5) is 11.3. The van der Waals surface area contributed by atoms with Gasteiger partial charge in [-0.05, 0) is 23.7 Å². The Morgan fingerprint density at radius 1 is 1.50 bits per heavy atom. The molecule has 0 atom stereocenters. The van der Waals surface area contributed by atoms with Gasteiger partial charge in [-0.15, -0.1) is 5.10 Å². The van der Waals surface area contributed by atoms with Crippen molar-refractivity contribution in [1.82, 2.24) is 9.78 Å². The molecule has 2 rings (SSSR count). The first-order chi connectivity index (χ1) is 8.58. The first-order valence-corrected chi connectivity index (χ1v) is 6.34. The predicted octanol–water partition coefficient (Wildman–Crippen LogP) is 3.14. The number of aromatic nitrogens is 2. The molecule has 0 N–H and O–H groups in total. The van der Waals surface area contributed by atoms with Crippen molar-refractivity contribution < 1.29 is 9.53 Å². The van der Waals surface area contributed by atoms with Crippen LogP contribution in [0.4, 0.5) is 0 Å². The maximum absolute atomic E-state index is 11.3. The Morgan fingerprint density at radius 3 is 2.89 bits per heavy atom. The van der Waals surface area contributed by atoms with Gasteiger partial charge in [0.1, 0.15) is 6.61 Å². The first-order valence-electron chi connectivity index (χ1n) is 5.17. The molecule has 0 saturated heterocycles. The fourth-order valence-corrected chi connectivity index (χ4v) is 2.16. The smallest absolute Gasteiger partial charge is 0.252 e. The molecule has 6 heteroatoms. The number of hydrogen-bond donors (Lipinski definition) is 0. The summed E-state index contributed by atoms with van der Waals surface area (Å²) in [6, 6.07) is 7.00. The lowest BCUT2D eigenvalue weighted by atomic mass is 10.1. The van der Waals surface area contributed by atoms with Gasteiger partial charge >= 0.3 is 0 Å². The van der Waals surface area contributed by atoms with E-state index in [-0.39, 0.29) is 6.61 Å². The van der Waals surface area contributed by atoms with E-state index >= 15 is 0 Å². The van der Waals surface area contributed by atoms with Crippen LogP contribution in [-0.4, -0.2) is 15.0 Å². The molecular formula is C12H10BrClN2O2. The Kier molecular flexibility index (Phi) is 4.04. The Bertz CT molecular complexity index is 583. The summed E-state index contributed by atoms with van der Waals surface area (Å²) in [5.74, 6) is 0.501. The van der Waals surface area contributed by atoms with E-state index in [4.69, 9.17) is 16.3 Å². The van der Waals surface area contributed by atoms with Gasteiger partial charge in [0.25, 0.3) is 5.24 Å². The van der Waals surface area contributed by atoms with Gasteiger partial charge in [-0.25, -0.2) is 0 Å². The van der Waals surface area contributed by atoms with E-state index < -0.39 is 5.24 Å². The molecule has 2 aromatic rings. The van der Waals surface area contributed by atoms with E-state index in [0.717, 1.165) is 4.47 Å². The van der Waals surface area contributed by atoms with E-state index in [9.17, 15) is 4.79 Å². The van der Waals surface area contributed by atoms with Crippen molar-refractivity contribution in [3.63, 3.8) is 0 Å². The molecular weight excluding hydrogens is 320 g/mol. The monoisotopic (exact) mass is 328 g/mol. The standard InChI is InChI=1S/C12H10BrClN2O2/c1-16-6-5-11(15-16)18-7-9-8(12(14)17)3-2-4-10(9)13/h2-6H,7H2,1H3. The summed E-state index contributed by atoms with van der Waals surface area (Å²) in [6.45, 7) is 0.228. The summed E-state index contributed by atoms with van der Waals surface area (Å²) < 4.78 is 7.94. The lowest BCUT2D eigenvalue weighted by molar-refractivity contribution is 0.107. The van der Waals surface area contributed by atoms with Gasteiger partial charge in [0.2, 0.25) is 5.88 Å². The third-order valence-corrected chi connectivity index (χ3v) is 3.33. The molecule has 0 radical (unpaired) electrons. The highest BCUT2D eigenvalue weighted by molar-refractivity contribution is 9.10. The van der Waals surface area contributed by atoms with Crippen LogP contribution in [0.1, 0.15) is 15.9 Å². The van der Waals surface area contributed by atoms with Crippen LogP contribution in [0.25, 0.3) is 0 Å². The fraction of sp³-hybridized carbons (Fsp3) is 0.167. The maximum atomic E-state index is 11.3. The summed E-state index contributed by atoms with van der Waals surface area (Å²) in [5, 5.41) is 3.59. The third kappa shape index (κ3) is 2.91. The highest BCUT2D eigenvalue weighted by atomic mass is 79.9. The molecule has 1 aromatic carbocycles. The van der Waals surface area contributed by atoms with E-state index in [1.54, 1.807) is 36.1 Å². The minimum atomic E-state index is -0.504. The average Bonchev–Trinajstić information content (AvgIpc) is 2.73. The van der Waals surface area contributed by atoms with Crippen LogP contribution in [0, 0.1) is 0 Å². The second-order valence-corrected chi connectivity index (χ2v) is 4.85. The third-order valence-electron chi connectivity index (χ3n) is 2.38. The molecule has 0 amide bonds. The van der Waals surface area contributed by atoms with Crippen molar-refractivity contribution in [2.24, 2.45) is 7.05 Å². The molecule has 0 aliphatic heterocycles. The van der Waals surface area contributed by atoms with Gasteiger partial charge in [-0.1, -0.05) is 22.0 Å². The molecule has 0 aliphatic rings. The highest BCUT2D eigenvalue weighted by Gasteiger charge is 2.13. The SMILES string of the molecule is Cn1ccc(OCc2c(Br)cccc2C(=O)Cl)n1. The number of carbonyl (C=O) groups excluding carboxylic acids is 1. The van der Waals surface area contributed by atoms with Crippen LogP contribution in [0.3, 0.4) is 0 Å². The fourth-order valence-electron chi connectivity index (χ4n) is 1.51. The molecule has 0 spiro atoms. The van der Waals surface area contributed by atoms with E-state index in [2.05, 4.69) is 21.0 Å². The largest absolute Gasteiger partial charge is 0.472 e. The van der Waals surface area contributed by atoms with Gasteiger partial charge < -0.3 is 4.74 Å². The lowest BCUT2D eigenvalue weighted by Gasteiger charge is -2.09. The zero-order valence-corrected chi connectivity index (χ0v) is 11.9. The van der Waals surface area contributed by atoms with Crippen LogP contribution >= 0.6 is 27.5 Å². The maximum Gasteiger partial charge on any atom is 0.252 e. The summed E-state index contributed by atoms with van der Waals surface area (Å²) in [7, 11) is 1.80. The Balaban J connectivity index is 2.20. The minimum Gasteiger partial charge on any atom is -0.472 e. The topological polar surface area (TPSA) is 44.1 Å². The Labute approximate surface area is 118 Å². The van der Waals surface area contributed by atoms with Crippen LogP contribution in [0.15, 0.2) is 34.9 Å². The predicted molar refractivity (Wildman–Crippen MR) is 71.9 cm³/mol. The molecule has 18 heavy (non-hydrogen) atoms. The lowest BCUT2D eigenvalue weighted by Crippen LogP contribution is -2.04. The first kappa shape index (κ1) is 13.1. The summed E-state index contributed by atoms with van der Waals surface area (Å²) in [6.07, 6.45) is 1.78. The second-order valence-electron chi connectivity index (χ2n) is 3.66. The van der Waals surface area contributed by atoms with Crippen molar-refractivity contribution in [3.05, 3.63) is 46.1 Å². The van der Waals surface area contributed by atoms with E-state index in [0.29, 0.717) is 17.0 Å². The summed E-state index contributed by atoms with van der Waals surface area (Å²) >= 11 is 8.91. The Hall–Kier alpha value is -1.33. The molecule has 0 aliphatic carbocycles. The average molecular weight is 330 g/mol. The van der Waals surface area contributed by atoms with Gasteiger partial charge in [-0.3, -0.25) is 9.48 Å². The molecule has 0 unspecified atom stereocenters. The van der Waals surface area contributed by atoms with Gasteiger partial charge in [0.05, 0.1) is 0 Å². The molecule has 0 bridgehead atoms. The number of benzene rings is 1. The van der Waals surface area contributed by atoms with Crippen LogP contribution in [0.5, 0.6) is 5.88 Å². The van der Waals surface area contributed by atoms with E-state index in [1.165, 1.54) is 0 Å². The summed E-state index contributed by atoms with van der Waals surface area (Å²) in [5.41, 5.74) is 1.14. The number of ether oxygens (including phenoxy) is 1. The zero-order chi connectivity index (χ0) is 13.1. The zero-order valence-electron chi connectivity index (χ0n) is 9.56. The normalized spacial score (nSPS) is 10.4. The molecule has 0 saturated carbocycles. The second kappa shape index (κ2) is 5.54. The highest BCUT2D eigenvalue weighted by Crippen LogP contribution is 2.23. The number of aryl methyl sites for hydroxylation is 1. The Morgan fingerprint density at radius 2 is 2.28 bits per heavy atom. The molecule has 1 aromatic heterocycles. The molecule has 0 fully saturated rings. The molecule has 4 nitrogen and oxygen atoms in total. The number of halogens is 2. The van der Waals surface area contributed by atoms with Crippen molar-refractivity contribution >= 4 is 32.8 Å². The number of rotatable bonds is 4. The molecule has 1 heterocycles. The number of carbonyl (C=O) groups is 1. The van der Waals surface area contributed by atoms with Crippen molar-refractivity contribution in [1.29, 1.82) is 0 Å². The van der Waals surface area contributed by atoms with Gasteiger partial charge in [0, 0.05) is 34.9 Å². The number of hydrogen-bond acceptors (Lipinski definition) is 3. The minimum absolute atomic E-state index is 0.228. The van der Waals surface area contributed by atoms with Crippen molar-refractivity contribution in [2.45, 2.75) is 6.61 Å². The number of nitrogens with zero attached hydrogens (tertiary/aromatic N) is 2. The van der Waals surface area contributed by atoms with Crippen LogP contribution < -0.4 is 4.74 Å². The van der Waals surface area contributed by atoms with Crippen molar-refractivity contribution in [2.75, 3.05) is 0 Å². The van der Waals surface area contributed by atoms with Crippen LogP contribution in [0.2, 0.25) is 0 Å². The molecule has 94 valence electrons.